The first kappa shape index (κ1) is 14.0. The molecule has 0 saturated heterocycles. The van der Waals surface area contributed by atoms with Crippen molar-refractivity contribution < 1.29 is 4.79 Å². The molecule has 23 heavy (non-hydrogen) atoms. The fourth-order valence-electron chi connectivity index (χ4n) is 2.16. The summed E-state index contributed by atoms with van der Waals surface area (Å²) in [5.74, 6) is 0.470. The molecule has 4 aromatic rings. The monoisotopic (exact) mass is 341 g/mol. The summed E-state index contributed by atoms with van der Waals surface area (Å²) in [7, 11) is 0. The SMILES string of the molecule is O=C(NCc1nnc2ccccn12)c1csc(-c2ccsc2)n1. The van der Waals surface area contributed by atoms with Gasteiger partial charge in [-0.25, -0.2) is 4.98 Å². The van der Waals surface area contributed by atoms with Crippen LogP contribution >= 0.6 is 22.7 Å². The second-order valence-corrected chi connectivity index (χ2v) is 6.42. The molecule has 0 spiro atoms. The van der Waals surface area contributed by atoms with Crippen LogP contribution in [0.2, 0.25) is 0 Å². The van der Waals surface area contributed by atoms with Gasteiger partial charge in [0, 0.05) is 22.5 Å². The molecule has 0 aliphatic heterocycles. The minimum Gasteiger partial charge on any atom is -0.343 e. The predicted octanol–water partition coefficient (Wildman–Crippen LogP) is 2.84. The second kappa shape index (κ2) is 5.90. The molecule has 6 nitrogen and oxygen atoms in total. The molecule has 0 fully saturated rings. The highest BCUT2D eigenvalue weighted by Crippen LogP contribution is 2.25. The van der Waals surface area contributed by atoms with Crippen molar-refractivity contribution >= 4 is 34.2 Å². The van der Waals surface area contributed by atoms with Crippen LogP contribution in [0, 0.1) is 0 Å². The van der Waals surface area contributed by atoms with Crippen LogP contribution in [0.1, 0.15) is 16.3 Å². The average Bonchev–Trinajstić information content (AvgIpc) is 3.31. The van der Waals surface area contributed by atoms with Crippen LogP contribution in [0.25, 0.3) is 16.2 Å². The summed E-state index contributed by atoms with van der Waals surface area (Å²) >= 11 is 3.07. The Kier molecular flexibility index (Phi) is 3.60. The van der Waals surface area contributed by atoms with Gasteiger partial charge in [-0.2, -0.15) is 11.3 Å². The summed E-state index contributed by atoms with van der Waals surface area (Å²) in [4.78, 5) is 16.6. The normalized spacial score (nSPS) is 11.0. The zero-order valence-electron chi connectivity index (χ0n) is 11.8. The summed E-state index contributed by atoms with van der Waals surface area (Å²) in [6, 6.07) is 7.66. The van der Waals surface area contributed by atoms with Crippen molar-refractivity contribution in [3.63, 3.8) is 0 Å². The highest BCUT2D eigenvalue weighted by atomic mass is 32.1. The van der Waals surface area contributed by atoms with Gasteiger partial charge in [-0.15, -0.1) is 21.5 Å². The lowest BCUT2D eigenvalue weighted by molar-refractivity contribution is 0.0945. The Morgan fingerprint density at radius 2 is 2.17 bits per heavy atom. The van der Waals surface area contributed by atoms with Crippen molar-refractivity contribution in [3.8, 4) is 10.6 Å². The molecule has 0 unspecified atom stereocenters. The van der Waals surface area contributed by atoms with Crippen LogP contribution < -0.4 is 5.32 Å². The van der Waals surface area contributed by atoms with Gasteiger partial charge in [0.05, 0.1) is 6.54 Å². The van der Waals surface area contributed by atoms with Crippen molar-refractivity contribution in [1.29, 1.82) is 0 Å². The third kappa shape index (κ3) is 2.73. The third-order valence-corrected chi connectivity index (χ3v) is 4.87. The van der Waals surface area contributed by atoms with Crippen LogP contribution in [0.4, 0.5) is 0 Å². The average molecular weight is 341 g/mol. The van der Waals surface area contributed by atoms with Crippen LogP contribution in [-0.2, 0) is 6.54 Å². The van der Waals surface area contributed by atoms with Crippen molar-refractivity contribution in [2.75, 3.05) is 0 Å². The second-order valence-electron chi connectivity index (χ2n) is 4.78. The van der Waals surface area contributed by atoms with E-state index in [-0.39, 0.29) is 5.91 Å². The number of hydrogen-bond acceptors (Lipinski definition) is 6. The number of rotatable bonds is 4. The number of nitrogens with zero attached hydrogens (tertiary/aromatic N) is 4. The van der Waals surface area contributed by atoms with Gasteiger partial charge in [-0.1, -0.05) is 6.07 Å². The minimum absolute atomic E-state index is 0.213. The van der Waals surface area contributed by atoms with E-state index in [2.05, 4.69) is 20.5 Å². The first-order valence-electron chi connectivity index (χ1n) is 6.86. The number of carbonyl (C=O) groups is 1. The van der Waals surface area contributed by atoms with Crippen molar-refractivity contribution in [2.24, 2.45) is 0 Å². The molecule has 4 rings (SSSR count). The van der Waals surface area contributed by atoms with Gasteiger partial charge in [0.15, 0.2) is 11.5 Å². The molecule has 8 heteroatoms. The molecule has 0 aliphatic rings. The molecule has 0 aliphatic carbocycles. The summed E-state index contributed by atoms with van der Waals surface area (Å²) in [5, 5.41) is 17.6. The Bertz CT molecular complexity index is 957. The molecule has 0 radical (unpaired) electrons. The number of thiophene rings is 1. The molecular weight excluding hydrogens is 330 g/mol. The van der Waals surface area contributed by atoms with E-state index >= 15 is 0 Å². The maximum absolute atomic E-state index is 12.2. The highest BCUT2D eigenvalue weighted by molar-refractivity contribution is 7.14. The van der Waals surface area contributed by atoms with Crippen molar-refractivity contribution in [3.05, 3.63) is 58.1 Å². The number of carbonyl (C=O) groups excluding carboxylic acids is 1. The summed E-state index contributed by atoms with van der Waals surface area (Å²) in [6.45, 7) is 0.301. The molecule has 0 aromatic carbocycles. The Labute approximate surface area is 139 Å². The largest absolute Gasteiger partial charge is 0.343 e. The molecule has 0 bridgehead atoms. The number of pyridine rings is 1. The van der Waals surface area contributed by atoms with E-state index in [9.17, 15) is 4.79 Å². The van der Waals surface area contributed by atoms with E-state index in [0.717, 1.165) is 16.2 Å². The topological polar surface area (TPSA) is 72.2 Å². The fraction of sp³-hybridized carbons (Fsp3) is 0.0667. The zero-order chi connectivity index (χ0) is 15.6. The van der Waals surface area contributed by atoms with Gasteiger partial charge in [-0.05, 0) is 23.6 Å². The van der Waals surface area contributed by atoms with Gasteiger partial charge in [-0.3, -0.25) is 9.20 Å². The number of aromatic nitrogens is 4. The lowest BCUT2D eigenvalue weighted by Gasteiger charge is -2.01. The first-order chi connectivity index (χ1) is 11.3. The molecule has 114 valence electrons. The molecule has 0 atom stereocenters. The molecule has 4 aromatic heterocycles. The lowest BCUT2D eigenvalue weighted by atomic mass is 10.3. The van der Waals surface area contributed by atoms with Crippen LogP contribution in [0.3, 0.4) is 0 Å². The number of nitrogens with one attached hydrogen (secondary N) is 1. The minimum atomic E-state index is -0.213. The van der Waals surface area contributed by atoms with Gasteiger partial charge < -0.3 is 5.32 Å². The highest BCUT2D eigenvalue weighted by Gasteiger charge is 2.13. The van der Waals surface area contributed by atoms with Gasteiger partial charge in [0.1, 0.15) is 10.7 Å². The molecule has 0 saturated carbocycles. The Morgan fingerprint density at radius 3 is 3.04 bits per heavy atom. The van der Waals surface area contributed by atoms with E-state index < -0.39 is 0 Å². The van der Waals surface area contributed by atoms with Crippen LogP contribution in [0.15, 0.2) is 46.6 Å². The van der Waals surface area contributed by atoms with Gasteiger partial charge in [0.2, 0.25) is 0 Å². The molecule has 1 amide bonds. The van der Waals surface area contributed by atoms with Gasteiger partial charge >= 0.3 is 0 Å². The Balaban J connectivity index is 1.48. The Morgan fingerprint density at radius 1 is 1.22 bits per heavy atom. The van der Waals surface area contributed by atoms with Crippen LogP contribution in [-0.4, -0.2) is 25.5 Å². The fourth-order valence-corrected chi connectivity index (χ4v) is 3.67. The predicted molar refractivity (Wildman–Crippen MR) is 89.6 cm³/mol. The number of hydrogen-bond donors (Lipinski definition) is 1. The van der Waals surface area contributed by atoms with Crippen molar-refractivity contribution in [1.82, 2.24) is 24.9 Å². The number of fused-ring (bicyclic) bond motifs is 1. The van der Waals surface area contributed by atoms with E-state index in [4.69, 9.17) is 0 Å². The maximum Gasteiger partial charge on any atom is 0.271 e. The Hall–Kier alpha value is -2.58. The van der Waals surface area contributed by atoms with Crippen molar-refractivity contribution in [2.45, 2.75) is 6.54 Å². The molecule has 4 heterocycles. The van der Waals surface area contributed by atoms with E-state index in [1.165, 1.54) is 11.3 Å². The zero-order valence-corrected chi connectivity index (χ0v) is 13.5. The van der Waals surface area contributed by atoms with E-state index in [1.54, 1.807) is 16.7 Å². The van der Waals surface area contributed by atoms with E-state index in [0.29, 0.717) is 18.1 Å². The smallest absolute Gasteiger partial charge is 0.271 e. The number of thiazole rings is 1. The van der Waals surface area contributed by atoms with Crippen LogP contribution in [0.5, 0.6) is 0 Å². The summed E-state index contributed by atoms with van der Waals surface area (Å²) in [5.41, 5.74) is 2.22. The summed E-state index contributed by atoms with van der Waals surface area (Å²) in [6.07, 6.45) is 1.87. The third-order valence-electron chi connectivity index (χ3n) is 3.30. The lowest BCUT2D eigenvalue weighted by Crippen LogP contribution is -2.24. The summed E-state index contributed by atoms with van der Waals surface area (Å²) < 4.78 is 1.85. The number of amides is 1. The maximum atomic E-state index is 12.2. The standard InChI is InChI=1S/C15H11N5OS2/c21-14(11-9-23-15(17-11)10-4-6-22-8-10)16-7-13-19-18-12-3-1-2-5-20(12)13/h1-6,8-9H,7H2,(H,16,21). The quantitative estimate of drug-likeness (QED) is 0.619. The van der Waals surface area contributed by atoms with E-state index in [1.807, 2.05) is 45.6 Å². The van der Waals surface area contributed by atoms with Gasteiger partial charge in [0.25, 0.3) is 5.91 Å². The first-order valence-corrected chi connectivity index (χ1v) is 8.68. The molecular formula is C15H11N5OS2. The molecule has 1 N–H and O–H groups in total.